The van der Waals surface area contributed by atoms with Gasteiger partial charge in [0.1, 0.15) is 5.82 Å². The number of rotatable bonds is 2. The largest absolute Gasteiger partial charge is 0.384 e. The molecular formula is C13H21N3. The van der Waals surface area contributed by atoms with Crippen molar-refractivity contribution in [1.82, 2.24) is 9.88 Å². The molecule has 0 bridgehead atoms. The quantitative estimate of drug-likeness (QED) is 0.830. The summed E-state index contributed by atoms with van der Waals surface area (Å²) < 4.78 is 0. The van der Waals surface area contributed by atoms with Gasteiger partial charge >= 0.3 is 0 Å². The zero-order chi connectivity index (χ0) is 11.5. The summed E-state index contributed by atoms with van der Waals surface area (Å²) in [6.45, 7) is 5.64. The third-order valence-corrected chi connectivity index (χ3v) is 3.59. The van der Waals surface area contributed by atoms with E-state index in [-0.39, 0.29) is 0 Å². The van der Waals surface area contributed by atoms with E-state index in [2.05, 4.69) is 29.8 Å². The van der Waals surface area contributed by atoms with Gasteiger partial charge < -0.3 is 5.73 Å². The van der Waals surface area contributed by atoms with Crippen LogP contribution in [-0.2, 0) is 6.54 Å². The van der Waals surface area contributed by atoms with E-state index in [1.165, 1.54) is 24.8 Å². The lowest BCUT2D eigenvalue weighted by Crippen LogP contribution is -2.42. The number of anilines is 1. The molecule has 88 valence electrons. The summed E-state index contributed by atoms with van der Waals surface area (Å²) in [5.41, 5.74) is 6.85. The molecule has 2 unspecified atom stereocenters. The van der Waals surface area contributed by atoms with Gasteiger partial charge in [0.2, 0.25) is 0 Å². The van der Waals surface area contributed by atoms with Crippen molar-refractivity contribution in [2.45, 2.75) is 51.7 Å². The van der Waals surface area contributed by atoms with Crippen molar-refractivity contribution in [3.05, 3.63) is 23.9 Å². The summed E-state index contributed by atoms with van der Waals surface area (Å²) in [7, 11) is 0. The first-order valence-electron chi connectivity index (χ1n) is 6.13. The Morgan fingerprint density at radius 2 is 2.00 bits per heavy atom. The molecular weight excluding hydrogens is 198 g/mol. The van der Waals surface area contributed by atoms with Crippen LogP contribution in [0.15, 0.2) is 18.3 Å². The van der Waals surface area contributed by atoms with Gasteiger partial charge in [0.25, 0.3) is 0 Å². The molecule has 0 spiro atoms. The van der Waals surface area contributed by atoms with Gasteiger partial charge in [0.05, 0.1) is 0 Å². The van der Waals surface area contributed by atoms with Crippen molar-refractivity contribution in [3.63, 3.8) is 0 Å². The van der Waals surface area contributed by atoms with Crippen LogP contribution >= 0.6 is 0 Å². The summed E-state index contributed by atoms with van der Waals surface area (Å²) in [4.78, 5) is 6.71. The van der Waals surface area contributed by atoms with Crippen LogP contribution in [0.1, 0.15) is 38.7 Å². The number of nitrogens with zero attached hydrogens (tertiary/aromatic N) is 2. The van der Waals surface area contributed by atoms with Crippen LogP contribution in [0.2, 0.25) is 0 Å². The summed E-state index contributed by atoms with van der Waals surface area (Å²) >= 11 is 0. The van der Waals surface area contributed by atoms with Gasteiger partial charge in [-0.05, 0) is 38.3 Å². The second kappa shape index (κ2) is 4.83. The molecule has 1 saturated heterocycles. The molecule has 1 aromatic heterocycles. The van der Waals surface area contributed by atoms with Crippen LogP contribution in [0.25, 0.3) is 0 Å². The van der Waals surface area contributed by atoms with Gasteiger partial charge in [-0.15, -0.1) is 0 Å². The lowest BCUT2D eigenvalue weighted by atomic mass is 9.97. The Morgan fingerprint density at radius 1 is 1.31 bits per heavy atom. The molecule has 0 aromatic carbocycles. The van der Waals surface area contributed by atoms with Crippen LogP contribution < -0.4 is 5.73 Å². The highest BCUT2D eigenvalue weighted by Gasteiger charge is 2.24. The Hall–Kier alpha value is -1.09. The van der Waals surface area contributed by atoms with Crippen molar-refractivity contribution in [1.29, 1.82) is 0 Å². The number of hydrogen-bond donors (Lipinski definition) is 1. The average Bonchev–Trinajstić information content (AvgIpc) is 2.26. The van der Waals surface area contributed by atoms with Crippen LogP contribution in [0.3, 0.4) is 0 Å². The van der Waals surface area contributed by atoms with Gasteiger partial charge in [-0.3, -0.25) is 4.90 Å². The standard InChI is InChI=1S/C13H21N3/c1-10-4-3-5-11(2)16(10)9-12-6-7-13(14)15-8-12/h6-8,10-11H,3-5,9H2,1-2H3,(H2,14,15). The number of nitrogens with two attached hydrogens (primary N) is 1. The van der Waals surface area contributed by atoms with E-state index in [0.29, 0.717) is 17.9 Å². The zero-order valence-electron chi connectivity index (χ0n) is 10.2. The van der Waals surface area contributed by atoms with Crippen molar-refractivity contribution in [2.24, 2.45) is 0 Å². The Kier molecular flexibility index (Phi) is 3.44. The lowest BCUT2D eigenvalue weighted by molar-refractivity contribution is 0.0952. The van der Waals surface area contributed by atoms with Crippen molar-refractivity contribution in [2.75, 3.05) is 5.73 Å². The molecule has 0 amide bonds. The summed E-state index contributed by atoms with van der Waals surface area (Å²) in [5.74, 6) is 0.600. The summed E-state index contributed by atoms with van der Waals surface area (Å²) in [5, 5.41) is 0. The Labute approximate surface area is 97.7 Å². The predicted molar refractivity (Wildman–Crippen MR) is 67.0 cm³/mol. The van der Waals surface area contributed by atoms with Crippen molar-refractivity contribution < 1.29 is 0 Å². The number of piperidine rings is 1. The third kappa shape index (κ3) is 2.53. The van der Waals surface area contributed by atoms with Crippen LogP contribution in [-0.4, -0.2) is 22.0 Å². The van der Waals surface area contributed by atoms with E-state index in [0.717, 1.165) is 6.54 Å². The molecule has 2 heterocycles. The van der Waals surface area contributed by atoms with E-state index in [1.807, 2.05) is 12.3 Å². The van der Waals surface area contributed by atoms with E-state index in [4.69, 9.17) is 5.73 Å². The fraction of sp³-hybridized carbons (Fsp3) is 0.615. The molecule has 1 aromatic rings. The fourth-order valence-corrected chi connectivity index (χ4v) is 2.53. The highest BCUT2D eigenvalue weighted by atomic mass is 15.2. The SMILES string of the molecule is CC1CCCC(C)N1Cc1ccc(N)nc1. The number of likely N-dealkylation sites (tertiary alicyclic amines) is 1. The first kappa shape index (κ1) is 11.4. The second-order valence-electron chi connectivity index (χ2n) is 4.89. The molecule has 3 nitrogen and oxygen atoms in total. The molecule has 0 radical (unpaired) electrons. The van der Waals surface area contributed by atoms with E-state index in [9.17, 15) is 0 Å². The van der Waals surface area contributed by atoms with Crippen LogP contribution in [0, 0.1) is 0 Å². The number of pyridine rings is 1. The second-order valence-corrected chi connectivity index (χ2v) is 4.89. The minimum atomic E-state index is 0.600. The Bertz CT molecular complexity index is 324. The van der Waals surface area contributed by atoms with E-state index in [1.54, 1.807) is 0 Å². The molecule has 0 aliphatic carbocycles. The highest BCUT2D eigenvalue weighted by Crippen LogP contribution is 2.24. The van der Waals surface area contributed by atoms with Gasteiger partial charge in [0.15, 0.2) is 0 Å². The first-order chi connectivity index (χ1) is 7.66. The molecule has 0 saturated carbocycles. The van der Waals surface area contributed by atoms with Crippen LogP contribution in [0.5, 0.6) is 0 Å². The van der Waals surface area contributed by atoms with Gasteiger partial charge in [-0.25, -0.2) is 4.98 Å². The number of aromatic nitrogens is 1. The molecule has 2 atom stereocenters. The highest BCUT2D eigenvalue weighted by molar-refractivity contribution is 5.29. The molecule has 1 aliphatic heterocycles. The molecule has 1 fully saturated rings. The third-order valence-electron chi connectivity index (χ3n) is 3.59. The maximum Gasteiger partial charge on any atom is 0.123 e. The minimum Gasteiger partial charge on any atom is -0.384 e. The Balaban J connectivity index is 2.04. The van der Waals surface area contributed by atoms with Gasteiger partial charge in [-0.1, -0.05) is 12.5 Å². The topological polar surface area (TPSA) is 42.1 Å². The maximum atomic E-state index is 5.59. The predicted octanol–water partition coefficient (Wildman–Crippen LogP) is 2.43. The monoisotopic (exact) mass is 219 g/mol. The maximum absolute atomic E-state index is 5.59. The average molecular weight is 219 g/mol. The minimum absolute atomic E-state index is 0.600. The Morgan fingerprint density at radius 3 is 2.56 bits per heavy atom. The fourth-order valence-electron chi connectivity index (χ4n) is 2.53. The lowest BCUT2D eigenvalue weighted by Gasteiger charge is -2.39. The number of hydrogen-bond acceptors (Lipinski definition) is 3. The summed E-state index contributed by atoms with van der Waals surface area (Å²) in [6.07, 6.45) is 5.88. The van der Waals surface area contributed by atoms with Gasteiger partial charge in [0, 0.05) is 24.8 Å². The molecule has 2 N–H and O–H groups in total. The molecule has 16 heavy (non-hydrogen) atoms. The van der Waals surface area contributed by atoms with Crippen LogP contribution in [0.4, 0.5) is 5.82 Å². The van der Waals surface area contributed by atoms with Crippen molar-refractivity contribution >= 4 is 5.82 Å². The zero-order valence-corrected chi connectivity index (χ0v) is 10.2. The van der Waals surface area contributed by atoms with Gasteiger partial charge in [-0.2, -0.15) is 0 Å². The van der Waals surface area contributed by atoms with Crippen molar-refractivity contribution in [3.8, 4) is 0 Å². The first-order valence-corrected chi connectivity index (χ1v) is 6.13. The molecule has 3 heteroatoms. The normalized spacial score (nSPS) is 26.9. The van der Waals surface area contributed by atoms with E-state index < -0.39 is 0 Å². The number of nitrogen functional groups attached to an aromatic ring is 1. The van der Waals surface area contributed by atoms with E-state index >= 15 is 0 Å². The molecule has 2 rings (SSSR count). The summed E-state index contributed by atoms with van der Waals surface area (Å²) in [6, 6.07) is 5.33. The smallest absolute Gasteiger partial charge is 0.123 e. The molecule has 1 aliphatic rings.